The number of pyridine rings is 1. The highest BCUT2D eigenvalue weighted by Gasteiger charge is 2.41. The monoisotopic (exact) mass is 756 g/mol. The number of hydrogen-bond acceptors (Lipinski definition) is 10. The van der Waals surface area contributed by atoms with Crippen LogP contribution < -0.4 is 10.7 Å². The first-order chi connectivity index (χ1) is 26.0. The van der Waals surface area contributed by atoms with E-state index < -0.39 is 17.7 Å². The number of carbonyl (C=O) groups is 3. The molecule has 12 nitrogen and oxygen atoms in total. The van der Waals surface area contributed by atoms with Gasteiger partial charge in [0.15, 0.2) is 0 Å². The largest absolute Gasteiger partial charge is 0.378 e. The Kier molecular flexibility index (Phi) is 11.1. The molecular weight excluding hydrogens is 705 g/mol. The molecule has 2 saturated heterocycles. The molecule has 1 aromatic carbocycles. The number of fused-ring (bicyclic) bond motifs is 6. The highest BCUT2D eigenvalue weighted by molar-refractivity contribution is 7.10. The molecule has 2 fully saturated rings. The molecule has 5 atom stereocenters. The molecule has 2 amide bonds. The first-order valence-electron chi connectivity index (χ1n) is 19.1. The van der Waals surface area contributed by atoms with Crippen LogP contribution in [0.25, 0.3) is 33.4 Å². The molecule has 4 aromatic rings. The first-order valence-corrected chi connectivity index (χ1v) is 20.0. The van der Waals surface area contributed by atoms with E-state index in [0.29, 0.717) is 44.0 Å². The quantitative estimate of drug-likeness (QED) is 0.229. The molecule has 7 rings (SSSR count). The average molecular weight is 757 g/mol. The molecule has 6 heterocycles. The number of benzene rings is 1. The van der Waals surface area contributed by atoms with E-state index in [1.165, 1.54) is 21.9 Å². The normalized spacial score (nSPS) is 25.3. The summed E-state index contributed by atoms with van der Waals surface area (Å²) < 4.78 is 20.4. The van der Waals surface area contributed by atoms with E-state index >= 15 is 0 Å². The van der Waals surface area contributed by atoms with E-state index in [1.54, 1.807) is 7.11 Å². The maximum atomic E-state index is 14.3. The summed E-state index contributed by atoms with van der Waals surface area (Å²) in [7, 11) is 1.70. The minimum atomic E-state index is -1.10. The second-order valence-electron chi connectivity index (χ2n) is 15.9. The second-order valence-corrected chi connectivity index (χ2v) is 16.8. The summed E-state index contributed by atoms with van der Waals surface area (Å²) in [5.41, 5.74) is 8.84. The van der Waals surface area contributed by atoms with Crippen molar-refractivity contribution in [2.75, 3.05) is 33.5 Å². The van der Waals surface area contributed by atoms with Gasteiger partial charge in [0.25, 0.3) is 5.91 Å². The Balaban J connectivity index is 1.35. The fraction of sp³-hybridized carbons (Fsp3) is 0.537. The van der Waals surface area contributed by atoms with Crippen LogP contribution in [-0.4, -0.2) is 88.8 Å². The lowest BCUT2D eigenvalue weighted by Gasteiger charge is -2.41. The minimum Gasteiger partial charge on any atom is -0.378 e. The van der Waals surface area contributed by atoms with E-state index in [-0.39, 0.29) is 42.3 Å². The maximum absolute atomic E-state index is 14.3. The molecule has 6 bridgehead atoms. The van der Waals surface area contributed by atoms with Crippen molar-refractivity contribution in [2.24, 2.45) is 11.3 Å². The smallest absolute Gasteiger partial charge is 0.259 e. The van der Waals surface area contributed by atoms with Crippen molar-refractivity contribution in [3.63, 3.8) is 0 Å². The minimum absolute atomic E-state index is 0.0408. The van der Waals surface area contributed by atoms with Gasteiger partial charge in [0.2, 0.25) is 5.91 Å². The lowest BCUT2D eigenvalue weighted by Crippen LogP contribution is -2.66. The van der Waals surface area contributed by atoms with Crippen LogP contribution in [0.15, 0.2) is 41.9 Å². The molecule has 0 saturated carbocycles. The number of aryl methyl sites for hydroxylation is 1. The molecule has 2 N–H and O–H groups in total. The van der Waals surface area contributed by atoms with E-state index in [9.17, 15) is 14.4 Å². The predicted molar refractivity (Wildman–Crippen MR) is 208 cm³/mol. The van der Waals surface area contributed by atoms with Gasteiger partial charge in [-0.05, 0) is 80.7 Å². The van der Waals surface area contributed by atoms with Crippen LogP contribution in [0.1, 0.15) is 76.3 Å². The summed E-state index contributed by atoms with van der Waals surface area (Å²) in [5.74, 6) is -0.596. The van der Waals surface area contributed by atoms with Crippen LogP contribution in [0.5, 0.6) is 0 Å². The van der Waals surface area contributed by atoms with Gasteiger partial charge in [-0.15, -0.1) is 11.3 Å². The first kappa shape index (κ1) is 38.3. The number of hydrogen-bond donors (Lipinski definition) is 2. The second kappa shape index (κ2) is 15.6. The number of aromatic nitrogens is 3. The summed E-state index contributed by atoms with van der Waals surface area (Å²) in [6.07, 6.45) is 4.61. The molecule has 0 spiro atoms. The third-order valence-corrected chi connectivity index (χ3v) is 12.0. The number of methoxy groups -OCH3 is 1. The Morgan fingerprint density at radius 2 is 2.09 bits per heavy atom. The number of ether oxygens (including phenoxy) is 3. The standard InChI is InChI=1S/C41H52N6O6S/c1-7-46-33-12-11-27-18-29(33)30(36(46)28-10-8-15-42-35(28)26(3)51-6)20-40(4,5)23-52-24-41(22-48)14-9-16-47(45-41)39(50)31(19-34-43-32(27)21-54-34)44-38(49)37-25(2)13-17-53-37/h8,10-12,15,18,21-22,25-26,31,37,45H,7,9,13-14,16-17,19-20,23-24H2,1-6H3,(H,44,49)/t25-,26-,31-,37+,41-/m0/s1. The maximum Gasteiger partial charge on any atom is 0.259 e. The van der Waals surface area contributed by atoms with Gasteiger partial charge >= 0.3 is 0 Å². The van der Waals surface area contributed by atoms with Crippen molar-refractivity contribution in [2.45, 2.75) is 97.1 Å². The SMILES string of the molecule is CCn1c(-c2cccnc2[C@H](C)OC)c2c3cc(ccc31)-c1csc(n1)C[C@H](NC(=O)[C@@H]1OCC[C@@H]1C)C(=O)N1CCC[C@](C=O)(COCC(C)(C)C2)N1. The van der Waals surface area contributed by atoms with Gasteiger partial charge in [-0.1, -0.05) is 26.8 Å². The molecule has 3 aliphatic rings. The van der Waals surface area contributed by atoms with Gasteiger partial charge in [-0.25, -0.2) is 10.4 Å². The van der Waals surface area contributed by atoms with Crippen molar-refractivity contribution < 1.29 is 28.6 Å². The Labute approximate surface area is 320 Å². The lowest BCUT2D eigenvalue weighted by atomic mass is 9.84. The van der Waals surface area contributed by atoms with E-state index in [2.05, 4.69) is 60.3 Å². The molecule has 13 heteroatoms. The van der Waals surface area contributed by atoms with Gasteiger partial charge in [0, 0.05) is 66.8 Å². The molecular formula is C41H52N6O6S. The van der Waals surface area contributed by atoms with Crippen LogP contribution in [0.2, 0.25) is 0 Å². The Hall–Kier alpha value is -4.01. The van der Waals surface area contributed by atoms with Crippen molar-refractivity contribution in [1.29, 1.82) is 0 Å². The number of amides is 2. The number of carbonyl (C=O) groups excluding carboxylic acids is 3. The van der Waals surface area contributed by atoms with Crippen LogP contribution in [0.4, 0.5) is 0 Å². The Morgan fingerprint density at radius 3 is 2.83 bits per heavy atom. The zero-order valence-corrected chi connectivity index (χ0v) is 33.0. The highest BCUT2D eigenvalue weighted by Crippen LogP contribution is 2.42. The molecule has 0 radical (unpaired) electrons. The molecule has 3 aliphatic heterocycles. The topological polar surface area (TPSA) is 137 Å². The Bertz CT molecular complexity index is 2030. The van der Waals surface area contributed by atoms with Crippen LogP contribution in [0.3, 0.4) is 0 Å². The summed E-state index contributed by atoms with van der Waals surface area (Å²) in [6.45, 7) is 12.6. The van der Waals surface area contributed by atoms with E-state index in [1.807, 2.05) is 31.5 Å². The van der Waals surface area contributed by atoms with Crippen molar-refractivity contribution >= 4 is 40.3 Å². The number of rotatable bonds is 7. The van der Waals surface area contributed by atoms with Gasteiger partial charge in [-0.2, -0.15) is 0 Å². The summed E-state index contributed by atoms with van der Waals surface area (Å²) in [6, 6.07) is 9.68. The Morgan fingerprint density at radius 1 is 1.26 bits per heavy atom. The molecule has 288 valence electrons. The predicted octanol–water partition coefficient (Wildman–Crippen LogP) is 5.67. The zero-order valence-electron chi connectivity index (χ0n) is 32.1. The average Bonchev–Trinajstić information content (AvgIpc) is 3.90. The third-order valence-electron chi connectivity index (χ3n) is 11.2. The van der Waals surface area contributed by atoms with E-state index in [0.717, 1.165) is 58.4 Å². The number of hydrazine groups is 1. The van der Waals surface area contributed by atoms with Crippen LogP contribution in [-0.2, 0) is 48.0 Å². The number of nitrogens with zero attached hydrogens (tertiary/aromatic N) is 4. The van der Waals surface area contributed by atoms with Crippen LogP contribution >= 0.6 is 11.3 Å². The number of aldehydes is 1. The zero-order chi connectivity index (χ0) is 38.2. The third kappa shape index (κ3) is 7.48. The van der Waals surface area contributed by atoms with Crippen molar-refractivity contribution in [3.8, 4) is 22.5 Å². The molecule has 54 heavy (non-hydrogen) atoms. The van der Waals surface area contributed by atoms with E-state index in [4.69, 9.17) is 24.2 Å². The van der Waals surface area contributed by atoms with Crippen molar-refractivity contribution in [1.82, 2.24) is 30.3 Å². The molecule has 3 aromatic heterocycles. The summed E-state index contributed by atoms with van der Waals surface area (Å²) >= 11 is 1.46. The van der Waals surface area contributed by atoms with Gasteiger partial charge in [0.1, 0.15) is 24.0 Å². The van der Waals surface area contributed by atoms with Gasteiger partial charge < -0.3 is 28.9 Å². The van der Waals surface area contributed by atoms with Gasteiger partial charge in [-0.3, -0.25) is 19.6 Å². The fourth-order valence-corrected chi connectivity index (χ4v) is 9.05. The summed E-state index contributed by atoms with van der Waals surface area (Å²) in [4.78, 5) is 50.5. The van der Waals surface area contributed by atoms with Gasteiger partial charge in [0.05, 0.1) is 41.4 Å². The molecule has 0 aliphatic carbocycles. The lowest BCUT2D eigenvalue weighted by molar-refractivity contribution is -0.148. The molecule has 0 unspecified atom stereocenters. The fourth-order valence-electron chi connectivity index (χ4n) is 8.20. The van der Waals surface area contributed by atoms with Crippen LogP contribution in [0, 0.1) is 11.3 Å². The van der Waals surface area contributed by atoms with Crippen molar-refractivity contribution in [3.05, 3.63) is 58.2 Å². The number of nitrogens with one attached hydrogen (secondary N) is 2. The highest BCUT2D eigenvalue weighted by atomic mass is 32.1. The number of thiazole rings is 1. The summed E-state index contributed by atoms with van der Waals surface area (Å²) in [5, 5.41) is 8.34.